The van der Waals surface area contributed by atoms with Gasteiger partial charge in [-0.25, -0.2) is 4.98 Å². The summed E-state index contributed by atoms with van der Waals surface area (Å²) in [5.41, 5.74) is 2.32. The minimum atomic E-state index is 0.472. The molecule has 1 atom stereocenters. The van der Waals surface area contributed by atoms with Crippen LogP contribution in [0.1, 0.15) is 18.4 Å². The lowest BCUT2D eigenvalue weighted by Gasteiger charge is -2.15. The number of aromatic nitrogens is 2. The van der Waals surface area contributed by atoms with Crippen molar-refractivity contribution in [2.45, 2.75) is 12.8 Å². The molecule has 0 aliphatic rings. The molecule has 19 heavy (non-hydrogen) atoms. The summed E-state index contributed by atoms with van der Waals surface area (Å²) in [6, 6.07) is 16.7. The highest BCUT2D eigenvalue weighted by Crippen LogP contribution is 2.17. The van der Waals surface area contributed by atoms with Crippen molar-refractivity contribution >= 4 is 11.5 Å². The van der Waals surface area contributed by atoms with E-state index in [1.807, 2.05) is 24.5 Å². The molecular weight excluding hydrogens is 234 g/mol. The maximum Gasteiger partial charge on any atom is 0.138 e. The lowest BCUT2D eigenvalue weighted by molar-refractivity contribution is 0.799. The molecule has 0 amide bonds. The van der Waals surface area contributed by atoms with E-state index in [9.17, 15) is 0 Å². The maximum atomic E-state index is 4.29. The second-order valence-corrected chi connectivity index (χ2v) is 4.76. The van der Waals surface area contributed by atoms with Crippen LogP contribution in [0.3, 0.4) is 0 Å². The van der Waals surface area contributed by atoms with Gasteiger partial charge in [0.25, 0.3) is 0 Å². The molecular formula is C16H17N3. The highest BCUT2D eigenvalue weighted by Gasteiger charge is 2.06. The quantitative estimate of drug-likeness (QED) is 0.768. The van der Waals surface area contributed by atoms with Crippen molar-refractivity contribution in [2.75, 3.05) is 11.9 Å². The fourth-order valence-electron chi connectivity index (χ4n) is 2.25. The van der Waals surface area contributed by atoms with Crippen LogP contribution in [0.5, 0.6) is 0 Å². The van der Waals surface area contributed by atoms with Gasteiger partial charge in [0.15, 0.2) is 0 Å². The second-order valence-electron chi connectivity index (χ2n) is 4.76. The zero-order valence-electron chi connectivity index (χ0n) is 11.0. The van der Waals surface area contributed by atoms with Gasteiger partial charge in [-0.1, -0.05) is 43.3 Å². The van der Waals surface area contributed by atoms with Gasteiger partial charge in [-0.15, -0.1) is 0 Å². The smallest absolute Gasteiger partial charge is 0.138 e. The van der Waals surface area contributed by atoms with Crippen LogP contribution in [0.2, 0.25) is 0 Å². The SMILES string of the molecule is CC(CNc1cccc2nccn12)c1ccccc1. The number of nitrogens with zero attached hydrogens (tertiary/aromatic N) is 2. The Morgan fingerprint density at radius 1 is 1.11 bits per heavy atom. The van der Waals surface area contributed by atoms with Gasteiger partial charge in [-0.2, -0.15) is 0 Å². The normalized spacial score (nSPS) is 12.5. The molecule has 0 radical (unpaired) electrons. The van der Waals surface area contributed by atoms with Gasteiger partial charge in [0.05, 0.1) is 0 Å². The second kappa shape index (κ2) is 5.14. The first kappa shape index (κ1) is 11.8. The Hall–Kier alpha value is -2.29. The summed E-state index contributed by atoms with van der Waals surface area (Å²) >= 11 is 0. The summed E-state index contributed by atoms with van der Waals surface area (Å²) in [5, 5.41) is 3.49. The van der Waals surface area contributed by atoms with E-state index in [-0.39, 0.29) is 0 Å². The molecule has 3 nitrogen and oxygen atoms in total. The zero-order chi connectivity index (χ0) is 13.1. The van der Waals surface area contributed by atoms with Crippen LogP contribution < -0.4 is 5.32 Å². The summed E-state index contributed by atoms with van der Waals surface area (Å²) < 4.78 is 2.07. The van der Waals surface area contributed by atoms with Crippen LogP contribution in [0.25, 0.3) is 5.65 Å². The van der Waals surface area contributed by atoms with Crippen molar-refractivity contribution in [3.63, 3.8) is 0 Å². The largest absolute Gasteiger partial charge is 0.371 e. The molecule has 0 saturated carbocycles. The van der Waals surface area contributed by atoms with Crippen LogP contribution in [0.15, 0.2) is 60.9 Å². The lowest BCUT2D eigenvalue weighted by atomic mass is 10.0. The summed E-state index contributed by atoms with van der Waals surface area (Å²) in [6.07, 6.45) is 3.80. The third-order valence-corrected chi connectivity index (χ3v) is 3.39. The Kier molecular flexibility index (Phi) is 3.19. The van der Waals surface area contributed by atoms with Crippen LogP contribution in [-0.4, -0.2) is 15.9 Å². The molecule has 3 aromatic rings. The van der Waals surface area contributed by atoms with E-state index in [4.69, 9.17) is 0 Å². The van der Waals surface area contributed by atoms with Crippen LogP contribution in [-0.2, 0) is 0 Å². The molecule has 0 fully saturated rings. The predicted octanol–water partition coefficient (Wildman–Crippen LogP) is 3.55. The number of fused-ring (bicyclic) bond motifs is 1. The number of rotatable bonds is 4. The van der Waals surface area contributed by atoms with Crippen molar-refractivity contribution in [1.29, 1.82) is 0 Å². The van der Waals surface area contributed by atoms with Crippen molar-refractivity contribution in [2.24, 2.45) is 0 Å². The number of hydrogen-bond acceptors (Lipinski definition) is 2. The Balaban J connectivity index is 1.74. The van der Waals surface area contributed by atoms with Gasteiger partial charge in [-0.05, 0) is 23.6 Å². The molecule has 1 aromatic carbocycles. The third kappa shape index (κ3) is 2.45. The molecule has 1 unspecified atom stereocenters. The molecule has 2 aromatic heterocycles. The minimum absolute atomic E-state index is 0.472. The number of hydrogen-bond donors (Lipinski definition) is 1. The van der Waals surface area contributed by atoms with Crippen molar-refractivity contribution in [3.8, 4) is 0 Å². The molecule has 96 valence electrons. The van der Waals surface area contributed by atoms with E-state index in [1.165, 1.54) is 5.56 Å². The first-order chi connectivity index (χ1) is 9.34. The Bertz CT molecular complexity index is 658. The van der Waals surface area contributed by atoms with Crippen LogP contribution in [0.4, 0.5) is 5.82 Å². The molecule has 3 heteroatoms. The van der Waals surface area contributed by atoms with E-state index >= 15 is 0 Å². The van der Waals surface area contributed by atoms with Gasteiger partial charge >= 0.3 is 0 Å². The van der Waals surface area contributed by atoms with Gasteiger partial charge < -0.3 is 5.32 Å². The van der Waals surface area contributed by atoms with E-state index in [1.54, 1.807) is 0 Å². The van der Waals surface area contributed by atoms with Gasteiger partial charge in [0.2, 0.25) is 0 Å². The van der Waals surface area contributed by atoms with E-state index < -0.39 is 0 Å². The molecule has 0 bridgehead atoms. The highest BCUT2D eigenvalue weighted by atomic mass is 15.1. The van der Waals surface area contributed by atoms with Gasteiger partial charge in [-0.3, -0.25) is 4.40 Å². The number of imidazole rings is 1. The standard InChI is InChI=1S/C16H17N3/c1-13(14-6-3-2-4-7-14)12-18-16-9-5-8-15-17-10-11-19(15)16/h2-11,13,18H,12H2,1H3. The minimum Gasteiger partial charge on any atom is -0.371 e. The molecule has 0 saturated heterocycles. The number of pyridine rings is 1. The monoisotopic (exact) mass is 251 g/mol. The van der Waals surface area contributed by atoms with Gasteiger partial charge in [0.1, 0.15) is 11.5 Å². The third-order valence-electron chi connectivity index (χ3n) is 3.39. The summed E-state index contributed by atoms with van der Waals surface area (Å²) in [5.74, 6) is 1.55. The fraction of sp³-hybridized carbons (Fsp3) is 0.188. The molecule has 0 spiro atoms. The van der Waals surface area contributed by atoms with E-state index in [0.717, 1.165) is 18.0 Å². The molecule has 0 aliphatic heterocycles. The van der Waals surface area contributed by atoms with Crippen molar-refractivity contribution in [3.05, 3.63) is 66.5 Å². The zero-order valence-corrected chi connectivity index (χ0v) is 11.0. The van der Waals surface area contributed by atoms with Crippen LogP contribution >= 0.6 is 0 Å². The summed E-state index contributed by atoms with van der Waals surface area (Å²) in [6.45, 7) is 3.14. The van der Waals surface area contributed by atoms with Gasteiger partial charge in [0, 0.05) is 18.9 Å². The average Bonchev–Trinajstić information content (AvgIpc) is 2.94. The number of nitrogens with one attached hydrogen (secondary N) is 1. The first-order valence-corrected chi connectivity index (χ1v) is 6.55. The maximum absolute atomic E-state index is 4.29. The molecule has 1 N–H and O–H groups in total. The molecule has 3 rings (SSSR count). The summed E-state index contributed by atoms with van der Waals surface area (Å²) in [4.78, 5) is 4.29. The van der Waals surface area contributed by atoms with E-state index in [0.29, 0.717) is 5.92 Å². The lowest BCUT2D eigenvalue weighted by Crippen LogP contribution is -2.11. The predicted molar refractivity (Wildman–Crippen MR) is 78.5 cm³/mol. The van der Waals surface area contributed by atoms with E-state index in [2.05, 4.69) is 58.0 Å². The number of anilines is 1. The first-order valence-electron chi connectivity index (χ1n) is 6.55. The topological polar surface area (TPSA) is 29.3 Å². The fourth-order valence-corrected chi connectivity index (χ4v) is 2.25. The van der Waals surface area contributed by atoms with Crippen LogP contribution in [0, 0.1) is 0 Å². The summed E-state index contributed by atoms with van der Waals surface area (Å²) in [7, 11) is 0. The molecule has 0 aliphatic carbocycles. The van der Waals surface area contributed by atoms with Crippen molar-refractivity contribution in [1.82, 2.24) is 9.38 Å². The van der Waals surface area contributed by atoms with Crippen molar-refractivity contribution < 1.29 is 0 Å². The molecule has 2 heterocycles. The Morgan fingerprint density at radius 2 is 1.95 bits per heavy atom. The Labute approximate surface area is 112 Å². The number of benzene rings is 1. The highest BCUT2D eigenvalue weighted by molar-refractivity contribution is 5.50. The Morgan fingerprint density at radius 3 is 2.79 bits per heavy atom. The average molecular weight is 251 g/mol.